The van der Waals surface area contributed by atoms with Gasteiger partial charge < -0.3 is 4.74 Å². The Hall–Kier alpha value is -5.16. The summed E-state index contributed by atoms with van der Waals surface area (Å²) in [5.41, 5.74) is 10.4. The summed E-state index contributed by atoms with van der Waals surface area (Å²) in [6.07, 6.45) is 10.2. The molecule has 7 rings (SSSR count). The Balaban J connectivity index is 1.27. The number of hydrogen-bond donors (Lipinski definition) is 0. The Labute approximate surface area is 283 Å². The molecule has 0 aliphatic carbocycles. The van der Waals surface area contributed by atoms with Crippen LogP contribution in [0, 0.1) is 13.8 Å². The van der Waals surface area contributed by atoms with Gasteiger partial charge in [0.25, 0.3) is 0 Å². The van der Waals surface area contributed by atoms with E-state index < -0.39 is 0 Å². The second kappa shape index (κ2) is 13.9. The molecule has 0 bridgehead atoms. The number of rotatable bonds is 12. The van der Waals surface area contributed by atoms with Crippen LogP contribution in [0.2, 0.25) is 0 Å². The van der Waals surface area contributed by atoms with E-state index in [1.54, 1.807) is 0 Å². The lowest BCUT2D eigenvalue weighted by atomic mass is 10.0. The molecule has 0 radical (unpaired) electrons. The van der Waals surface area contributed by atoms with Crippen molar-refractivity contribution in [3.8, 4) is 34.1 Å². The van der Waals surface area contributed by atoms with E-state index in [2.05, 4.69) is 117 Å². The molecule has 5 nitrogen and oxygen atoms in total. The highest BCUT2D eigenvalue weighted by molar-refractivity contribution is 6.09. The van der Waals surface area contributed by atoms with Gasteiger partial charge in [0, 0.05) is 40.4 Å². The van der Waals surface area contributed by atoms with Crippen LogP contribution in [0.1, 0.15) is 68.5 Å². The summed E-state index contributed by atoms with van der Waals surface area (Å²) in [5, 5.41) is 7.39. The van der Waals surface area contributed by atoms with Crippen molar-refractivity contribution in [1.29, 1.82) is 0 Å². The van der Waals surface area contributed by atoms with Gasteiger partial charge in [0.15, 0.2) is 0 Å². The Morgan fingerprint density at radius 2 is 1.48 bits per heavy atom. The third-order valence-corrected chi connectivity index (χ3v) is 9.35. The van der Waals surface area contributed by atoms with Crippen molar-refractivity contribution in [2.75, 3.05) is 0 Å². The monoisotopic (exact) mass is 632 g/mol. The molecule has 4 aromatic carbocycles. The summed E-state index contributed by atoms with van der Waals surface area (Å²) < 4.78 is 10.9. The Kier molecular flexibility index (Phi) is 9.11. The number of unbranched alkanes of at least 4 members (excludes halogenated alkanes) is 3. The molecular weight excluding hydrogens is 589 g/mol. The normalized spacial score (nSPS) is 11.5. The van der Waals surface area contributed by atoms with Crippen LogP contribution >= 0.6 is 0 Å². The zero-order valence-corrected chi connectivity index (χ0v) is 28.5. The predicted octanol–water partition coefficient (Wildman–Crippen LogP) is 11.5. The SMILES string of the molecule is CCCCCCc1ccc2c(c1)c1ccc(Oc3cccc(-n4nc(C)c(-c5ccccc5)c4C)c3)cc1n2-c1cc(CCC)ccn1. The van der Waals surface area contributed by atoms with Crippen LogP contribution < -0.4 is 4.74 Å². The van der Waals surface area contributed by atoms with Gasteiger partial charge in [-0.1, -0.05) is 82.0 Å². The molecule has 0 atom stereocenters. The van der Waals surface area contributed by atoms with Gasteiger partial charge in [-0.25, -0.2) is 9.67 Å². The molecule has 0 N–H and O–H groups in total. The minimum Gasteiger partial charge on any atom is -0.457 e. The van der Waals surface area contributed by atoms with Crippen LogP contribution in [0.4, 0.5) is 0 Å². The highest BCUT2D eigenvalue weighted by atomic mass is 16.5. The molecule has 0 amide bonds. The maximum atomic E-state index is 6.58. The Morgan fingerprint density at radius 3 is 2.31 bits per heavy atom. The quantitative estimate of drug-likeness (QED) is 0.126. The van der Waals surface area contributed by atoms with Crippen LogP contribution in [-0.2, 0) is 12.8 Å². The largest absolute Gasteiger partial charge is 0.457 e. The third-order valence-electron chi connectivity index (χ3n) is 9.35. The molecule has 0 spiro atoms. The lowest BCUT2D eigenvalue weighted by Gasteiger charge is -2.11. The maximum Gasteiger partial charge on any atom is 0.137 e. The number of benzene rings is 4. The molecule has 3 heterocycles. The number of nitrogens with zero attached hydrogens (tertiary/aromatic N) is 4. The average molecular weight is 633 g/mol. The fourth-order valence-corrected chi connectivity index (χ4v) is 7.03. The molecule has 0 aliphatic rings. The van der Waals surface area contributed by atoms with E-state index in [-0.39, 0.29) is 0 Å². The van der Waals surface area contributed by atoms with E-state index in [9.17, 15) is 0 Å². The maximum absolute atomic E-state index is 6.58. The van der Waals surface area contributed by atoms with E-state index in [0.29, 0.717) is 0 Å². The zero-order valence-electron chi connectivity index (χ0n) is 28.5. The van der Waals surface area contributed by atoms with Gasteiger partial charge in [-0.3, -0.25) is 4.57 Å². The summed E-state index contributed by atoms with van der Waals surface area (Å²) in [6, 6.07) is 36.4. The van der Waals surface area contributed by atoms with Crippen molar-refractivity contribution in [2.24, 2.45) is 0 Å². The van der Waals surface area contributed by atoms with Crippen molar-refractivity contribution in [3.05, 3.63) is 132 Å². The van der Waals surface area contributed by atoms with Gasteiger partial charge in [0.1, 0.15) is 17.3 Å². The second-order valence-electron chi connectivity index (χ2n) is 12.9. The fraction of sp³-hybridized carbons (Fsp3) is 0.256. The van der Waals surface area contributed by atoms with Crippen molar-refractivity contribution >= 4 is 21.8 Å². The summed E-state index contributed by atoms with van der Waals surface area (Å²) in [4.78, 5) is 4.87. The first-order valence-electron chi connectivity index (χ1n) is 17.5. The van der Waals surface area contributed by atoms with Crippen molar-refractivity contribution in [1.82, 2.24) is 19.3 Å². The van der Waals surface area contributed by atoms with Crippen LogP contribution in [0.3, 0.4) is 0 Å². The number of hydrogen-bond acceptors (Lipinski definition) is 3. The number of aryl methyl sites for hydroxylation is 3. The first kappa shape index (κ1) is 31.4. The van der Waals surface area contributed by atoms with Crippen LogP contribution in [0.5, 0.6) is 11.5 Å². The minimum absolute atomic E-state index is 0.765. The number of pyridine rings is 1. The summed E-state index contributed by atoms with van der Waals surface area (Å²) >= 11 is 0. The lowest BCUT2D eigenvalue weighted by molar-refractivity contribution is 0.482. The Bertz CT molecular complexity index is 2190. The minimum atomic E-state index is 0.765. The predicted molar refractivity (Wildman–Crippen MR) is 199 cm³/mol. The summed E-state index contributed by atoms with van der Waals surface area (Å²) in [5.74, 6) is 2.49. The second-order valence-corrected chi connectivity index (χ2v) is 12.9. The molecule has 5 heteroatoms. The zero-order chi connectivity index (χ0) is 33.0. The number of ether oxygens (including phenoxy) is 1. The molecule has 3 aromatic heterocycles. The van der Waals surface area contributed by atoms with Gasteiger partial charge in [-0.15, -0.1) is 0 Å². The highest BCUT2D eigenvalue weighted by Gasteiger charge is 2.17. The third kappa shape index (κ3) is 6.25. The number of fused-ring (bicyclic) bond motifs is 3. The van der Waals surface area contributed by atoms with Crippen molar-refractivity contribution in [2.45, 2.75) is 72.6 Å². The molecule has 242 valence electrons. The lowest BCUT2D eigenvalue weighted by Crippen LogP contribution is -2.00. The highest BCUT2D eigenvalue weighted by Crippen LogP contribution is 2.36. The molecule has 0 saturated heterocycles. The first-order valence-corrected chi connectivity index (χ1v) is 17.5. The molecule has 7 aromatic rings. The van der Waals surface area contributed by atoms with Gasteiger partial charge >= 0.3 is 0 Å². The summed E-state index contributed by atoms with van der Waals surface area (Å²) in [6.45, 7) is 8.69. The molecule has 48 heavy (non-hydrogen) atoms. The van der Waals surface area contributed by atoms with Crippen LogP contribution in [0.15, 0.2) is 109 Å². The van der Waals surface area contributed by atoms with E-state index in [1.807, 2.05) is 29.1 Å². The first-order chi connectivity index (χ1) is 23.5. The van der Waals surface area contributed by atoms with Gasteiger partial charge in [0.2, 0.25) is 0 Å². The molecule has 0 aliphatic heterocycles. The summed E-state index contributed by atoms with van der Waals surface area (Å²) in [7, 11) is 0. The standard InChI is InChI=1S/C43H44N4O/c1-5-7-8-10-15-33-20-23-40-39(26-33)38-22-21-37(29-41(38)46(40)42-27-32(14-6-2)24-25-44-42)48-36-19-13-18-35(28-36)47-31(4)43(30(3)45-47)34-16-11-9-12-17-34/h9,11-13,16-29H,5-8,10,14-15H2,1-4H3. The van der Waals surface area contributed by atoms with E-state index in [1.165, 1.54) is 64.2 Å². The van der Waals surface area contributed by atoms with E-state index in [0.717, 1.165) is 59.2 Å². The molecule has 0 fully saturated rings. The number of aromatic nitrogens is 4. The molecular formula is C43H44N4O. The van der Waals surface area contributed by atoms with Crippen LogP contribution in [0.25, 0.3) is 44.4 Å². The van der Waals surface area contributed by atoms with Gasteiger partial charge in [-0.05, 0) is 98.3 Å². The van der Waals surface area contributed by atoms with Crippen molar-refractivity contribution in [3.63, 3.8) is 0 Å². The topological polar surface area (TPSA) is 44.9 Å². The van der Waals surface area contributed by atoms with Crippen molar-refractivity contribution < 1.29 is 4.74 Å². The van der Waals surface area contributed by atoms with Gasteiger partial charge in [-0.2, -0.15) is 5.10 Å². The van der Waals surface area contributed by atoms with E-state index in [4.69, 9.17) is 14.8 Å². The fourth-order valence-electron chi connectivity index (χ4n) is 7.03. The van der Waals surface area contributed by atoms with Crippen LogP contribution in [-0.4, -0.2) is 19.3 Å². The Morgan fingerprint density at radius 1 is 0.646 bits per heavy atom. The molecule has 0 unspecified atom stereocenters. The smallest absolute Gasteiger partial charge is 0.137 e. The average Bonchev–Trinajstić information content (AvgIpc) is 3.59. The molecule has 0 saturated carbocycles. The van der Waals surface area contributed by atoms with E-state index >= 15 is 0 Å². The van der Waals surface area contributed by atoms with Gasteiger partial charge in [0.05, 0.1) is 22.4 Å².